The number of hydroxylamine groups is 2. The Hall–Kier alpha value is -4.98. The molecule has 2 aromatic rings. The summed E-state index contributed by atoms with van der Waals surface area (Å²) >= 11 is 1.07. The number of nitrogen functional groups attached to an aromatic ring is 1. The van der Waals surface area contributed by atoms with Crippen molar-refractivity contribution in [1.29, 1.82) is 0 Å². The van der Waals surface area contributed by atoms with E-state index in [1.165, 1.54) is 49.6 Å². The molecule has 322 valence electrons. The number of unbranched alkanes of at least 4 members (excludes halogenated alkanes) is 1. The molecule has 0 radical (unpaired) electrons. The lowest BCUT2D eigenvalue weighted by Gasteiger charge is -2.36. The molecule has 1 aromatic heterocycles. The van der Waals surface area contributed by atoms with Gasteiger partial charge in [-0.25, -0.2) is 19.4 Å². The van der Waals surface area contributed by atoms with Crippen LogP contribution >= 0.6 is 11.3 Å². The van der Waals surface area contributed by atoms with Gasteiger partial charge in [0, 0.05) is 37.4 Å². The van der Waals surface area contributed by atoms with Crippen LogP contribution in [0.2, 0.25) is 0 Å². The van der Waals surface area contributed by atoms with Crippen molar-refractivity contribution in [2.45, 2.75) is 124 Å². The first-order valence-corrected chi connectivity index (χ1v) is 20.7. The molecule has 1 saturated heterocycles. The van der Waals surface area contributed by atoms with Crippen LogP contribution in [-0.4, -0.2) is 81.8 Å². The summed E-state index contributed by atoms with van der Waals surface area (Å²) in [6, 6.07) is 2.80. The summed E-state index contributed by atoms with van der Waals surface area (Å²) in [6.45, 7) is 14.2. The number of amides is 3. The minimum absolute atomic E-state index is 0.0111. The Morgan fingerprint density at radius 1 is 1.25 bits per heavy atom. The van der Waals surface area contributed by atoms with E-state index >= 15 is 0 Å². The maximum absolute atomic E-state index is 14.6. The van der Waals surface area contributed by atoms with Gasteiger partial charge in [-0.1, -0.05) is 31.6 Å². The Labute approximate surface area is 350 Å². The average molecular weight is 839 g/mol. The van der Waals surface area contributed by atoms with Crippen molar-refractivity contribution < 1.29 is 43.0 Å². The Morgan fingerprint density at radius 2 is 1.97 bits per heavy atom. The molecular weight excluding hydrogens is 780 g/mol. The predicted octanol–water partition coefficient (Wildman–Crippen LogP) is 6.22. The molecule has 59 heavy (non-hydrogen) atoms. The molecule has 16 heteroatoms. The van der Waals surface area contributed by atoms with Gasteiger partial charge in [0.25, 0.3) is 17.7 Å². The average Bonchev–Trinajstić information content (AvgIpc) is 3.85. The van der Waals surface area contributed by atoms with Crippen LogP contribution in [0.5, 0.6) is 0 Å². The molecule has 1 unspecified atom stereocenters. The largest absolute Gasteiger partial charge is 0.481 e. The number of carboxylic acids is 1. The molecule has 2 heterocycles. The van der Waals surface area contributed by atoms with Crippen molar-refractivity contribution in [3.05, 3.63) is 57.3 Å². The highest BCUT2D eigenvalue weighted by Gasteiger charge is 2.39. The van der Waals surface area contributed by atoms with Gasteiger partial charge in [-0.05, 0) is 96.9 Å². The number of anilines is 1. The number of nitrogens with one attached hydrogen (secondary N) is 2. The van der Waals surface area contributed by atoms with E-state index in [4.69, 9.17) is 21.7 Å². The van der Waals surface area contributed by atoms with E-state index in [2.05, 4.69) is 26.5 Å². The number of carbonyl (C=O) groups is 5. The monoisotopic (exact) mass is 838 g/mol. The van der Waals surface area contributed by atoms with Gasteiger partial charge in [0.05, 0.1) is 35.2 Å². The van der Waals surface area contributed by atoms with Crippen LogP contribution in [0.15, 0.2) is 40.2 Å². The van der Waals surface area contributed by atoms with E-state index in [1.807, 2.05) is 13.8 Å². The number of hydrogen-bond donors (Lipinski definition) is 4. The van der Waals surface area contributed by atoms with E-state index in [-0.39, 0.29) is 54.1 Å². The number of carbonyl (C=O) groups excluding carboxylic acids is 4. The SMILES string of the molecule is C#CCCCON(C(=O)C(C=NC(=O)[C@@]1(C)CCCN1)/C(C)=C/C)[C@H](C[C@@H](OC(C)=O)c1nc(C(=O)N[C@@H](Cc2ccc(N)c(F)c2)CC(C)(C)C(=O)O)cs1)C(C)C. The number of esters is 1. The third-order valence-electron chi connectivity index (χ3n) is 10.4. The molecular formula is C43H59FN6O8S. The van der Waals surface area contributed by atoms with Crippen LogP contribution in [-0.2, 0) is 35.2 Å². The summed E-state index contributed by atoms with van der Waals surface area (Å²) in [7, 11) is 0. The van der Waals surface area contributed by atoms with E-state index < -0.39 is 64.6 Å². The number of carboxylic acid groups (broad SMARTS) is 1. The first-order valence-electron chi connectivity index (χ1n) is 19.8. The molecule has 5 atom stereocenters. The Balaban J connectivity index is 1.97. The summed E-state index contributed by atoms with van der Waals surface area (Å²) in [5.74, 6) is -2.49. The second-order valence-electron chi connectivity index (χ2n) is 16.1. The van der Waals surface area contributed by atoms with Gasteiger partial charge in [0.1, 0.15) is 16.5 Å². The number of aromatic nitrogens is 1. The molecule has 14 nitrogen and oxygen atoms in total. The van der Waals surface area contributed by atoms with Gasteiger partial charge in [-0.2, -0.15) is 0 Å². The molecule has 5 N–H and O–H groups in total. The summed E-state index contributed by atoms with van der Waals surface area (Å²) in [5.41, 5.74) is 4.66. The number of hydrogen-bond acceptors (Lipinski definition) is 11. The molecule has 3 amide bonds. The van der Waals surface area contributed by atoms with Crippen molar-refractivity contribution in [1.82, 2.24) is 20.7 Å². The quantitative estimate of drug-likeness (QED) is 0.0211. The fraction of sp³-hybridized carbons (Fsp3) is 0.558. The Morgan fingerprint density at radius 3 is 2.54 bits per heavy atom. The first kappa shape index (κ1) is 48.4. The molecule has 0 spiro atoms. The molecule has 3 rings (SSSR count). The standard InChI is InChI=1S/C43H59FN6O8S/c1-10-12-13-19-57-50(39(53)31(27(5)11-2)24-46-40(54)43(9)17-14-18-47-43)35(26(3)4)22-36(58-28(6)51)38-49-34(25-59-38)37(52)48-30(23-42(7,8)41(55)56)20-29-15-16-33(45)32(44)21-29/h1,11,15-16,21,24-26,30-31,35-36,47H,12-14,17-20,22-23,45H2,2-9H3,(H,48,52)(H,55,56)/b27-11+,46-24?/t30-,31?,35+,36+,43+/m0/s1. The second-order valence-corrected chi connectivity index (χ2v) is 17.0. The van der Waals surface area contributed by atoms with Gasteiger partial charge in [0.15, 0.2) is 6.10 Å². The van der Waals surface area contributed by atoms with Crippen molar-refractivity contribution >= 4 is 52.9 Å². The lowest BCUT2D eigenvalue weighted by Crippen LogP contribution is -2.48. The number of nitrogens with two attached hydrogens (primary N) is 1. The lowest BCUT2D eigenvalue weighted by molar-refractivity contribution is -0.211. The number of aliphatic imine (C=N–C) groups is 1. The maximum Gasteiger partial charge on any atom is 0.309 e. The zero-order chi connectivity index (χ0) is 44.1. The zero-order valence-corrected chi connectivity index (χ0v) is 36.1. The third-order valence-corrected chi connectivity index (χ3v) is 11.3. The number of terminal acetylenes is 1. The van der Waals surface area contributed by atoms with Crippen LogP contribution in [0.25, 0.3) is 0 Å². The highest BCUT2D eigenvalue weighted by atomic mass is 32.1. The van der Waals surface area contributed by atoms with Crippen LogP contribution in [0.3, 0.4) is 0 Å². The smallest absolute Gasteiger partial charge is 0.309 e. The molecule has 1 aromatic carbocycles. The zero-order valence-electron chi connectivity index (χ0n) is 35.3. The number of thiazole rings is 1. The summed E-state index contributed by atoms with van der Waals surface area (Å²) in [5, 5.41) is 18.9. The van der Waals surface area contributed by atoms with Crippen molar-refractivity contribution in [2.24, 2.45) is 22.2 Å². The van der Waals surface area contributed by atoms with E-state index in [1.54, 1.807) is 32.9 Å². The Bertz CT molecular complexity index is 1910. The number of rotatable bonds is 21. The molecule has 0 bridgehead atoms. The van der Waals surface area contributed by atoms with Gasteiger partial charge in [0.2, 0.25) is 0 Å². The lowest BCUT2D eigenvalue weighted by atomic mass is 9.84. The predicted molar refractivity (Wildman–Crippen MR) is 225 cm³/mol. The third kappa shape index (κ3) is 13.8. The van der Waals surface area contributed by atoms with Crippen LogP contribution < -0.4 is 16.4 Å². The van der Waals surface area contributed by atoms with E-state index in [0.717, 1.165) is 17.8 Å². The molecule has 1 aliphatic heterocycles. The highest BCUT2D eigenvalue weighted by molar-refractivity contribution is 7.09. The molecule has 1 fully saturated rings. The van der Waals surface area contributed by atoms with E-state index in [0.29, 0.717) is 36.9 Å². The number of allylic oxidation sites excluding steroid dienone is 1. The van der Waals surface area contributed by atoms with Gasteiger partial charge >= 0.3 is 11.9 Å². The van der Waals surface area contributed by atoms with Gasteiger partial charge in [-0.15, -0.1) is 23.7 Å². The number of benzene rings is 1. The summed E-state index contributed by atoms with van der Waals surface area (Å²) in [6.07, 6.45) is 10.0. The molecule has 0 saturated carbocycles. The number of nitrogens with zero attached hydrogens (tertiary/aromatic N) is 3. The topological polar surface area (TPSA) is 203 Å². The molecule has 0 aliphatic carbocycles. The molecule has 1 aliphatic rings. The number of ether oxygens (including phenoxy) is 1. The fourth-order valence-electron chi connectivity index (χ4n) is 6.63. The minimum atomic E-state index is -1.24. The minimum Gasteiger partial charge on any atom is -0.481 e. The Kier molecular flexibility index (Phi) is 17.9. The van der Waals surface area contributed by atoms with Gasteiger partial charge in [-0.3, -0.25) is 28.8 Å². The van der Waals surface area contributed by atoms with Crippen molar-refractivity contribution in [2.75, 3.05) is 18.9 Å². The summed E-state index contributed by atoms with van der Waals surface area (Å²) in [4.78, 5) is 81.0. The first-order chi connectivity index (χ1) is 27.7. The van der Waals surface area contributed by atoms with Crippen LogP contribution in [0.4, 0.5) is 10.1 Å². The van der Waals surface area contributed by atoms with E-state index in [9.17, 15) is 33.5 Å². The summed E-state index contributed by atoms with van der Waals surface area (Å²) < 4.78 is 20.1. The van der Waals surface area contributed by atoms with Crippen molar-refractivity contribution in [3.63, 3.8) is 0 Å². The van der Waals surface area contributed by atoms with Crippen LogP contribution in [0, 0.1) is 35.4 Å². The number of aliphatic carboxylic acids is 1. The van der Waals surface area contributed by atoms with Crippen LogP contribution in [0.1, 0.15) is 121 Å². The maximum atomic E-state index is 14.6. The number of halogens is 1. The second kappa shape index (κ2) is 21.9. The van der Waals surface area contributed by atoms with Gasteiger partial charge < -0.3 is 26.2 Å². The van der Waals surface area contributed by atoms with Crippen molar-refractivity contribution in [3.8, 4) is 12.3 Å². The highest BCUT2D eigenvalue weighted by Crippen LogP contribution is 2.33. The normalized spacial score (nSPS) is 17.9. The fourth-order valence-corrected chi connectivity index (χ4v) is 7.47.